The van der Waals surface area contributed by atoms with Crippen LogP contribution in [-0.4, -0.2) is 38.8 Å². The number of benzene rings is 2. The van der Waals surface area contributed by atoms with Crippen LogP contribution in [0.1, 0.15) is 30.0 Å². The molecule has 0 saturated carbocycles. The minimum Gasteiger partial charge on any atom is -0.497 e. The molecule has 0 atom stereocenters. The van der Waals surface area contributed by atoms with E-state index in [1.54, 1.807) is 14.2 Å². The number of likely N-dealkylation sites (tertiary alicyclic amines) is 1. The molecule has 1 saturated heterocycles. The lowest BCUT2D eigenvalue weighted by Crippen LogP contribution is -2.39. The first-order valence-electron chi connectivity index (χ1n) is 8.97. The number of rotatable bonds is 6. The van der Waals surface area contributed by atoms with Gasteiger partial charge in [-0.15, -0.1) is 0 Å². The molecule has 134 valence electrons. The number of hydrogen-bond acceptors (Lipinski definition) is 4. The summed E-state index contributed by atoms with van der Waals surface area (Å²) in [6.45, 7) is 2.94. The predicted molar refractivity (Wildman–Crippen MR) is 101 cm³/mol. The molecule has 0 radical (unpaired) electrons. The summed E-state index contributed by atoms with van der Waals surface area (Å²) in [4.78, 5) is 2.57. The summed E-state index contributed by atoms with van der Waals surface area (Å²) >= 11 is 0. The van der Waals surface area contributed by atoms with E-state index in [-0.39, 0.29) is 6.04 Å². The third-order valence-corrected chi connectivity index (χ3v) is 5.21. The van der Waals surface area contributed by atoms with E-state index >= 15 is 0 Å². The maximum Gasteiger partial charge on any atom is 0.118 e. The highest BCUT2D eigenvalue weighted by molar-refractivity contribution is 5.38. The first kappa shape index (κ1) is 17.8. The van der Waals surface area contributed by atoms with Gasteiger partial charge in [0.05, 0.1) is 20.3 Å². The molecular formula is C21H28N2O2. The van der Waals surface area contributed by atoms with Gasteiger partial charge in [0.2, 0.25) is 0 Å². The van der Waals surface area contributed by atoms with E-state index in [4.69, 9.17) is 15.2 Å². The molecule has 3 rings (SSSR count). The Kier molecular flexibility index (Phi) is 5.95. The van der Waals surface area contributed by atoms with Crippen molar-refractivity contribution in [2.75, 3.05) is 33.9 Å². The molecule has 1 fully saturated rings. The molecule has 2 N–H and O–H groups in total. The Balaban J connectivity index is 1.89. The van der Waals surface area contributed by atoms with Gasteiger partial charge in [0.15, 0.2) is 0 Å². The third kappa shape index (κ3) is 4.14. The molecule has 4 heteroatoms. The van der Waals surface area contributed by atoms with Crippen molar-refractivity contribution in [3.05, 3.63) is 59.7 Å². The fourth-order valence-electron chi connectivity index (χ4n) is 3.63. The van der Waals surface area contributed by atoms with E-state index in [1.807, 2.05) is 24.3 Å². The molecule has 0 amide bonds. The Morgan fingerprint density at radius 3 is 1.68 bits per heavy atom. The largest absolute Gasteiger partial charge is 0.497 e. The Bertz CT molecular complexity index is 599. The minimum absolute atomic E-state index is 0.246. The second-order valence-electron chi connectivity index (χ2n) is 6.66. The number of piperidine rings is 1. The summed E-state index contributed by atoms with van der Waals surface area (Å²) in [5.74, 6) is 2.43. The maximum atomic E-state index is 5.86. The summed E-state index contributed by atoms with van der Waals surface area (Å²) < 4.78 is 10.6. The number of methoxy groups -OCH3 is 2. The van der Waals surface area contributed by atoms with E-state index in [2.05, 4.69) is 29.2 Å². The highest BCUT2D eigenvalue weighted by atomic mass is 16.5. The van der Waals surface area contributed by atoms with Crippen molar-refractivity contribution < 1.29 is 9.47 Å². The standard InChI is InChI=1S/C21H28N2O2/c1-24-19-7-3-17(4-8-19)21(18-5-9-20(25-2)10-6-18)23-13-11-16(15-22)12-14-23/h3-10,16,21H,11-15,22H2,1-2H3. The van der Waals surface area contributed by atoms with Crippen molar-refractivity contribution in [2.45, 2.75) is 18.9 Å². The summed E-state index contributed by atoms with van der Waals surface area (Å²) in [5.41, 5.74) is 8.44. The van der Waals surface area contributed by atoms with Crippen molar-refractivity contribution >= 4 is 0 Å². The van der Waals surface area contributed by atoms with Crippen LogP contribution < -0.4 is 15.2 Å². The van der Waals surface area contributed by atoms with Gasteiger partial charge in [-0.2, -0.15) is 0 Å². The van der Waals surface area contributed by atoms with Crippen LogP contribution in [0.2, 0.25) is 0 Å². The zero-order chi connectivity index (χ0) is 17.6. The predicted octanol–water partition coefficient (Wildman–Crippen LogP) is 3.46. The average Bonchev–Trinajstić information content (AvgIpc) is 2.70. The van der Waals surface area contributed by atoms with Crippen LogP contribution in [0.5, 0.6) is 11.5 Å². The molecule has 4 nitrogen and oxygen atoms in total. The first-order valence-corrected chi connectivity index (χ1v) is 8.97. The number of hydrogen-bond donors (Lipinski definition) is 1. The van der Waals surface area contributed by atoms with E-state index < -0.39 is 0 Å². The van der Waals surface area contributed by atoms with Gasteiger partial charge in [-0.3, -0.25) is 4.90 Å². The summed E-state index contributed by atoms with van der Waals surface area (Å²) in [6.07, 6.45) is 2.33. The molecule has 0 aromatic heterocycles. The zero-order valence-electron chi connectivity index (χ0n) is 15.2. The fourth-order valence-corrected chi connectivity index (χ4v) is 3.63. The second kappa shape index (κ2) is 8.37. The van der Waals surface area contributed by atoms with Crippen LogP contribution in [0.3, 0.4) is 0 Å². The summed E-state index contributed by atoms with van der Waals surface area (Å²) in [7, 11) is 3.40. The number of ether oxygens (including phenoxy) is 2. The Labute approximate surface area is 150 Å². The maximum absolute atomic E-state index is 5.86. The highest BCUT2D eigenvalue weighted by Crippen LogP contribution is 2.33. The molecule has 0 unspecified atom stereocenters. The van der Waals surface area contributed by atoms with Gasteiger partial charge >= 0.3 is 0 Å². The number of nitrogens with two attached hydrogens (primary N) is 1. The molecule has 1 heterocycles. The topological polar surface area (TPSA) is 47.7 Å². The van der Waals surface area contributed by atoms with E-state index in [0.29, 0.717) is 5.92 Å². The van der Waals surface area contributed by atoms with Crippen molar-refractivity contribution in [1.29, 1.82) is 0 Å². The van der Waals surface area contributed by atoms with Crippen molar-refractivity contribution in [3.63, 3.8) is 0 Å². The van der Waals surface area contributed by atoms with Crippen molar-refractivity contribution in [3.8, 4) is 11.5 Å². The monoisotopic (exact) mass is 340 g/mol. The van der Waals surface area contributed by atoms with Gasteiger partial charge < -0.3 is 15.2 Å². The molecule has 0 spiro atoms. The smallest absolute Gasteiger partial charge is 0.118 e. The summed E-state index contributed by atoms with van der Waals surface area (Å²) in [5, 5.41) is 0. The van der Waals surface area contributed by atoms with Gasteiger partial charge in [0.25, 0.3) is 0 Å². The lowest BCUT2D eigenvalue weighted by molar-refractivity contribution is 0.154. The molecule has 2 aromatic rings. The normalized spacial score (nSPS) is 16.2. The van der Waals surface area contributed by atoms with Crippen LogP contribution in [0.15, 0.2) is 48.5 Å². The molecule has 2 aromatic carbocycles. The van der Waals surface area contributed by atoms with Crippen LogP contribution >= 0.6 is 0 Å². The van der Waals surface area contributed by atoms with Crippen LogP contribution in [0, 0.1) is 5.92 Å². The highest BCUT2D eigenvalue weighted by Gasteiger charge is 2.27. The molecule has 25 heavy (non-hydrogen) atoms. The Morgan fingerprint density at radius 2 is 1.32 bits per heavy atom. The minimum atomic E-state index is 0.246. The van der Waals surface area contributed by atoms with Crippen LogP contribution in [0.25, 0.3) is 0 Å². The summed E-state index contributed by atoms with van der Waals surface area (Å²) in [6, 6.07) is 17.1. The lowest BCUT2D eigenvalue weighted by atomic mass is 9.91. The lowest BCUT2D eigenvalue weighted by Gasteiger charge is -2.38. The Morgan fingerprint density at radius 1 is 0.880 bits per heavy atom. The Hall–Kier alpha value is -2.04. The molecule has 1 aliphatic rings. The van der Waals surface area contributed by atoms with Crippen molar-refractivity contribution in [1.82, 2.24) is 4.90 Å². The van der Waals surface area contributed by atoms with Gasteiger partial charge in [-0.1, -0.05) is 24.3 Å². The van der Waals surface area contributed by atoms with E-state index in [1.165, 1.54) is 24.0 Å². The number of nitrogens with zero attached hydrogens (tertiary/aromatic N) is 1. The van der Waals surface area contributed by atoms with Gasteiger partial charge in [0.1, 0.15) is 11.5 Å². The molecular weight excluding hydrogens is 312 g/mol. The second-order valence-corrected chi connectivity index (χ2v) is 6.66. The third-order valence-electron chi connectivity index (χ3n) is 5.21. The average molecular weight is 340 g/mol. The van der Waals surface area contributed by atoms with E-state index in [0.717, 1.165) is 31.1 Å². The van der Waals surface area contributed by atoms with Crippen molar-refractivity contribution in [2.24, 2.45) is 11.7 Å². The molecule has 0 aliphatic carbocycles. The van der Waals surface area contributed by atoms with Gasteiger partial charge in [0, 0.05) is 0 Å². The van der Waals surface area contributed by atoms with Crippen LogP contribution in [0.4, 0.5) is 0 Å². The SMILES string of the molecule is COc1ccc(C(c2ccc(OC)cc2)N2CCC(CN)CC2)cc1. The van der Waals surface area contributed by atoms with Crippen LogP contribution in [-0.2, 0) is 0 Å². The van der Waals surface area contributed by atoms with Gasteiger partial charge in [-0.05, 0) is 73.8 Å². The first-order chi connectivity index (χ1) is 12.2. The molecule has 1 aliphatic heterocycles. The van der Waals surface area contributed by atoms with E-state index in [9.17, 15) is 0 Å². The zero-order valence-corrected chi connectivity index (χ0v) is 15.2. The molecule has 0 bridgehead atoms. The fraction of sp³-hybridized carbons (Fsp3) is 0.429. The quantitative estimate of drug-likeness (QED) is 0.875. The van der Waals surface area contributed by atoms with Gasteiger partial charge in [-0.25, -0.2) is 0 Å².